The lowest BCUT2D eigenvalue weighted by atomic mass is 10.2. The van der Waals surface area contributed by atoms with Crippen LogP contribution in [0.1, 0.15) is 34.4 Å². The van der Waals surface area contributed by atoms with Crippen molar-refractivity contribution in [2.45, 2.75) is 26.1 Å². The van der Waals surface area contributed by atoms with E-state index < -0.39 is 23.9 Å². The van der Waals surface area contributed by atoms with Crippen LogP contribution >= 0.6 is 34.8 Å². The molecule has 3 aromatic rings. The largest absolute Gasteiger partial charge is 0.490 e. The van der Waals surface area contributed by atoms with E-state index >= 15 is 0 Å². The molecule has 0 bridgehead atoms. The molecule has 1 amide bonds. The third kappa shape index (κ3) is 8.24. The summed E-state index contributed by atoms with van der Waals surface area (Å²) in [7, 11) is 0. The maximum Gasteiger partial charge on any atom is 0.490 e. The number of carbonyl (C=O) groups is 2. The molecule has 15 heteroatoms. The molecule has 0 radical (unpaired) electrons. The summed E-state index contributed by atoms with van der Waals surface area (Å²) in [5.74, 6) is -3.58. The van der Waals surface area contributed by atoms with Crippen molar-refractivity contribution in [1.82, 2.24) is 15.3 Å². The molecule has 0 unspecified atom stereocenters. The molecule has 3 rings (SSSR count). The summed E-state index contributed by atoms with van der Waals surface area (Å²) in [5.41, 5.74) is 0.485. The molecule has 1 aromatic heterocycles. The fourth-order valence-electron chi connectivity index (χ4n) is 2.59. The lowest BCUT2D eigenvalue weighted by Gasteiger charge is -2.13. The molecule has 0 saturated carbocycles. The van der Waals surface area contributed by atoms with Gasteiger partial charge in [0.25, 0.3) is 5.91 Å². The lowest BCUT2D eigenvalue weighted by molar-refractivity contribution is -0.192. The first kappa shape index (κ1) is 29.7. The molecular formula is C22H15Cl3F4N4O4. The van der Waals surface area contributed by atoms with E-state index in [-0.39, 0.29) is 50.1 Å². The number of nitrogens with one attached hydrogen (secondary N) is 2. The predicted octanol–water partition coefficient (Wildman–Crippen LogP) is 6.30. The summed E-state index contributed by atoms with van der Waals surface area (Å²) in [4.78, 5) is 28.1. The quantitative estimate of drug-likeness (QED) is 0.293. The number of hydrogen-bond acceptors (Lipinski definition) is 5. The minimum absolute atomic E-state index is 0.0188. The molecule has 0 saturated heterocycles. The Morgan fingerprint density at radius 1 is 1.22 bits per heavy atom. The van der Waals surface area contributed by atoms with Crippen LogP contribution in [0, 0.1) is 17.1 Å². The highest BCUT2D eigenvalue weighted by molar-refractivity contribution is 6.32. The average molecular weight is 582 g/mol. The fraction of sp³-hybridized carbons (Fsp3) is 0.182. The van der Waals surface area contributed by atoms with Crippen molar-refractivity contribution in [2.75, 3.05) is 0 Å². The minimum Gasteiger partial charge on any atom is -0.475 e. The van der Waals surface area contributed by atoms with Gasteiger partial charge in [-0.3, -0.25) is 4.79 Å². The summed E-state index contributed by atoms with van der Waals surface area (Å²) < 4.78 is 52.3. The van der Waals surface area contributed by atoms with E-state index in [4.69, 9.17) is 54.7 Å². The molecule has 0 aliphatic carbocycles. The number of ether oxygens (including phenoxy) is 1. The van der Waals surface area contributed by atoms with Crippen LogP contribution in [-0.4, -0.2) is 33.1 Å². The first-order valence-corrected chi connectivity index (χ1v) is 11.1. The number of nitriles is 1. The Bertz CT molecular complexity index is 1360. The normalized spacial score (nSPS) is 10.7. The Kier molecular flexibility index (Phi) is 10.1. The van der Waals surface area contributed by atoms with Crippen molar-refractivity contribution in [2.24, 2.45) is 0 Å². The summed E-state index contributed by atoms with van der Waals surface area (Å²) in [6, 6.07) is 9.08. The van der Waals surface area contributed by atoms with Gasteiger partial charge >= 0.3 is 12.1 Å². The highest BCUT2D eigenvalue weighted by Gasteiger charge is 2.38. The van der Waals surface area contributed by atoms with Gasteiger partial charge in [0.2, 0.25) is 0 Å². The van der Waals surface area contributed by atoms with Crippen molar-refractivity contribution in [3.05, 3.63) is 74.0 Å². The number of alkyl halides is 3. The number of amides is 1. The van der Waals surface area contributed by atoms with E-state index in [9.17, 15) is 22.4 Å². The molecule has 3 N–H and O–H groups in total. The van der Waals surface area contributed by atoms with Gasteiger partial charge in [0.1, 0.15) is 17.3 Å². The Morgan fingerprint density at radius 2 is 1.86 bits per heavy atom. The summed E-state index contributed by atoms with van der Waals surface area (Å²) in [6.07, 6.45) is -4.50. The second kappa shape index (κ2) is 12.6. The Hall–Kier alpha value is -3.53. The number of carboxylic acids is 1. The van der Waals surface area contributed by atoms with Gasteiger partial charge in [0, 0.05) is 23.6 Å². The number of aryl methyl sites for hydroxylation is 1. The molecule has 2 aromatic carbocycles. The summed E-state index contributed by atoms with van der Waals surface area (Å²) in [6.45, 7) is 1.72. The van der Waals surface area contributed by atoms with Crippen molar-refractivity contribution >= 4 is 46.7 Å². The van der Waals surface area contributed by atoms with E-state index in [0.29, 0.717) is 12.2 Å². The number of H-pyrrole nitrogens is 1. The molecule has 0 fully saturated rings. The zero-order chi connectivity index (χ0) is 27.9. The first-order chi connectivity index (χ1) is 17.3. The average Bonchev–Trinajstić information content (AvgIpc) is 3.21. The number of aromatic nitrogens is 2. The van der Waals surface area contributed by atoms with Crippen LogP contribution in [0.5, 0.6) is 11.5 Å². The molecule has 196 valence electrons. The molecule has 0 aliphatic heterocycles. The van der Waals surface area contributed by atoms with Gasteiger partial charge < -0.3 is 20.1 Å². The van der Waals surface area contributed by atoms with Gasteiger partial charge in [-0.05, 0) is 24.3 Å². The van der Waals surface area contributed by atoms with Crippen LogP contribution in [-0.2, 0) is 17.8 Å². The van der Waals surface area contributed by atoms with Gasteiger partial charge in [0.15, 0.2) is 16.7 Å². The molecule has 8 nitrogen and oxygen atoms in total. The smallest absolute Gasteiger partial charge is 0.475 e. The Balaban J connectivity index is 0.000000604. The molecular weight excluding hydrogens is 567 g/mol. The van der Waals surface area contributed by atoms with Crippen LogP contribution in [0.15, 0.2) is 30.3 Å². The topological polar surface area (TPSA) is 128 Å². The second-order valence-corrected chi connectivity index (χ2v) is 8.13. The van der Waals surface area contributed by atoms with Crippen LogP contribution in [0.4, 0.5) is 17.6 Å². The predicted molar refractivity (Wildman–Crippen MR) is 125 cm³/mol. The number of aliphatic carboxylic acids is 1. The van der Waals surface area contributed by atoms with Gasteiger partial charge in [-0.25, -0.2) is 14.2 Å². The number of carboxylic acid groups (broad SMARTS) is 1. The number of nitrogens with zero attached hydrogens (tertiary/aromatic N) is 2. The Morgan fingerprint density at radius 3 is 2.41 bits per heavy atom. The maximum absolute atomic E-state index is 15.0. The van der Waals surface area contributed by atoms with Crippen LogP contribution in [0.25, 0.3) is 0 Å². The second-order valence-electron chi connectivity index (χ2n) is 6.93. The SMILES string of the molecule is CCc1nc(Cl)c(C(=O)NCc2ccc(Cl)c(Oc3cc(Cl)cc(C#N)c3)c2F)[nH]1.O=C(O)C(F)(F)F. The highest BCUT2D eigenvalue weighted by atomic mass is 35.5. The van der Waals surface area contributed by atoms with Gasteiger partial charge in [-0.15, -0.1) is 0 Å². The van der Waals surface area contributed by atoms with Crippen molar-refractivity contribution < 1.29 is 37.0 Å². The fourth-order valence-corrected chi connectivity index (χ4v) is 3.23. The van der Waals surface area contributed by atoms with Crippen LogP contribution in [0.3, 0.4) is 0 Å². The molecule has 37 heavy (non-hydrogen) atoms. The third-order valence-electron chi connectivity index (χ3n) is 4.30. The van der Waals surface area contributed by atoms with Crippen LogP contribution in [0.2, 0.25) is 15.2 Å². The van der Waals surface area contributed by atoms with Crippen LogP contribution < -0.4 is 10.1 Å². The molecule has 0 aliphatic rings. The van der Waals surface area contributed by atoms with E-state index in [2.05, 4.69) is 15.3 Å². The van der Waals surface area contributed by atoms with Gasteiger partial charge in [-0.1, -0.05) is 47.8 Å². The number of benzene rings is 2. The zero-order valence-electron chi connectivity index (χ0n) is 18.5. The maximum atomic E-state index is 15.0. The number of carbonyl (C=O) groups excluding carboxylic acids is 1. The van der Waals surface area contributed by atoms with E-state index in [1.54, 1.807) is 0 Å². The zero-order valence-corrected chi connectivity index (χ0v) is 20.8. The first-order valence-electron chi connectivity index (χ1n) is 9.94. The number of halogens is 7. The number of rotatable bonds is 6. The summed E-state index contributed by atoms with van der Waals surface area (Å²) >= 11 is 18.0. The third-order valence-corrected chi connectivity index (χ3v) is 5.09. The van der Waals surface area contributed by atoms with Crippen molar-refractivity contribution in [3.63, 3.8) is 0 Å². The van der Waals surface area contributed by atoms with E-state index in [0.717, 1.165) is 0 Å². The highest BCUT2D eigenvalue weighted by Crippen LogP contribution is 2.35. The molecule has 0 atom stereocenters. The monoisotopic (exact) mass is 580 g/mol. The van der Waals surface area contributed by atoms with Gasteiger partial charge in [0.05, 0.1) is 16.7 Å². The number of aromatic amines is 1. The molecule has 1 heterocycles. The lowest BCUT2D eigenvalue weighted by Crippen LogP contribution is -2.24. The molecule has 0 spiro atoms. The van der Waals surface area contributed by atoms with Crippen molar-refractivity contribution in [1.29, 1.82) is 5.26 Å². The number of imidazole rings is 1. The van der Waals surface area contributed by atoms with Crippen molar-refractivity contribution in [3.8, 4) is 17.6 Å². The summed E-state index contributed by atoms with van der Waals surface area (Å²) in [5, 5.41) is 19.1. The van der Waals surface area contributed by atoms with Gasteiger partial charge in [-0.2, -0.15) is 18.4 Å². The van der Waals surface area contributed by atoms with E-state index in [1.165, 1.54) is 30.3 Å². The Labute approximate surface area is 221 Å². The number of hydrogen-bond donors (Lipinski definition) is 3. The minimum atomic E-state index is -5.08. The standard InChI is InChI=1S/C20H14Cl3FN4O2.C2HF3O2/c1-2-15-27-17(19(23)28-15)20(29)26-9-11-3-4-14(22)18(16(11)24)30-13-6-10(8-25)5-12(21)7-13;3-2(4,5)1(6)7/h3-7H,2,9H2,1H3,(H,26,29)(H,27,28);(H,6,7). The van der Waals surface area contributed by atoms with E-state index in [1.807, 2.05) is 13.0 Å².